The number of phenolic OH excluding ortho intramolecular Hbond substituents is 1. The van der Waals surface area contributed by atoms with Crippen LogP contribution in [-0.2, 0) is 4.74 Å². The SMILES string of the molecule is Nc1cccc(-c2nc(C3CSCCO3)no2)c1O. The number of hydrogen-bond donors (Lipinski definition) is 2. The highest BCUT2D eigenvalue weighted by atomic mass is 32.2. The lowest BCUT2D eigenvalue weighted by Gasteiger charge is -2.18. The molecule has 1 atom stereocenters. The number of para-hydroxylation sites is 1. The molecular weight excluding hydrogens is 266 g/mol. The second kappa shape index (κ2) is 5.10. The van der Waals surface area contributed by atoms with Gasteiger partial charge >= 0.3 is 0 Å². The van der Waals surface area contributed by atoms with Crippen LogP contribution in [0.4, 0.5) is 5.69 Å². The highest BCUT2D eigenvalue weighted by Crippen LogP contribution is 2.33. The lowest BCUT2D eigenvalue weighted by atomic mass is 10.2. The van der Waals surface area contributed by atoms with Crippen LogP contribution >= 0.6 is 11.8 Å². The van der Waals surface area contributed by atoms with Crippen molar-refractivity contribution in [1.29, 1.82) is 0 Å². The Hall–Kier alpha value is -1.73. The molecule has 0 bridgehead atoms. The zero-order valence-corrected chi connectivity index (χ0v) is 10.9. The van der Waals surface area contributed by atoms with Gasteiger partial charge in [0, 0.05) is 11.5 Å². The summed E-state index contributed by atoms with van der Waals surface area (Å²) < 4.78 is 10.7. The highest BCUT2D eigenvalue weighted by Gasteiger charge is 2.23. The maximum absolute atomic E-state index is 9.88. The van der Waals surface area contributed by atoms with E-state index in [2.05, 4.69) is 10.1 Å². The third-order valence-electron chi connectivity index (χ3n) is 2.84. The van der Waals surface area contributed by atoms with E-state index < -0.39 is 0 Å². The molecule has 2 aromatic rings. The summed E-state index contributed by atoms with van der Waals surface area (Å²) in [6.45, 7) is 0.683. The van der Waals surface area contributed by atoms with E-state index in [1.165, 1.54) is 0 Å². The average Bonchev–Trinajstić information content (AvgIpc) is 2.92. The normalized spacial score (nSPS) is 19.5. The largest absolute Gasteiger partial charge is 0.505 e. The molecule has 0 spiro atoms. The topological polar surface area (TPSA) is 94.4 Å². The first-order valence-corrected chi connectivity index (χ1v) is 7.02. The Kier molecular flexibility index (Phi) is 3.31. The zero-order valence-electron chi connectivity index (χ0n) is 10.1. The third-order valence-corrected chi connectivity index (χ3v) is 3.84. The molecular formula is C12H13N3O3S. The van der Waals surface area contributed by atoms with Gasteiger partial charge in [-0.3, -0.25) is 0 Å². The molecule has 6 nitrogen and oxygen atoms in total. The van der Waals surface area contributed by atoms with E-state index in [-0.39, 0.29) is 23.4 Å². The smallest absolute Gasteiger partial charge is 0.261 e. The number of aromatic nitrogens is 2. The number of phenols is 1. The first kappa shape index (κ1) is 12.3. The molecule has 1 aromatic heterocycles. The molecule has 1 unspecified atom stereocenters. The van der Waals surface area contributed by atoms with Crippen molar-refractivity contribution < 1.29 is 14.4 Å². The van der Waals surface area contributed by atoms with E-state index in [0.29, 0.717) is 18.0 Å². The van der Waals surface area contributed by atoms with Crippen molar-refractivity contribution >= 4 is 17.4 Å². The maximum atomic E-state index is 9.88. The van der Waals surface area contributed by atoms with Gasteiger partial charge in [0.1, 0.15) is 6.10 Å². The average molecular weight is 279 g/mol. The van der Waals surface area contributed by atoms with E-state index in [9.17, 15) is 5.11 Å². The Labute approximate surface area is 113 Å². The predicted octanol–water partition coefficient (Wildman–Crippen LogP) is 1.83. The Morgan fingerprint density at radius 2 is 2.32 bits per heavy atom. The molecule has 1 aliphatic rings. The summed E-state index contributed by atoms with van der Waals surface area (Å²) in [5.41, 5.74) is 6.35. The van der Waals surface area contributed by atoms with Crippen molar-refractivity contribution in [3.05, 3.63) is 24.0 Å². The van der Waals surface area contributed by atoms with Crippen molar-refractivity contribution in [2.45, 2.75) is 6.10 Å². The van der Waals surface area contributed by atoms with Crippen LogP contribution in [0.5, 0.6) is 5.75 Å². The predicted molar refractivity (Wildman–Crippen MR) is 71.8 cm³/mol. The van der Waals surface area contributed by atoms with Crippen LogP contribution in [-0.4, -0.2) is 33.4 Å². The Morgan fingerprint density at radius 1 is 1.42 bits per heavy atom. The summed E-state index contributed by atoms with van der Waals surface area (Å²) in [7, 11) is 0. The van der Waals surface area contributed by atoms with Crippen LogP contribution in [0.1, 0.15) is 11.9 Å². The number of benzene rings is 1. The van der Waals surface area contributed by atoms with Crippen molar-refractivity contribution in [3.8, 4) is 17.2 Å². The van der Waals surface area contributed by atoms with E-state index >= 15 is 0 Å². The molecule has 1 fully saturated rings. The number of ether oxygens (including phenoxy) is 1. The molecule has 1 saturated heterocycles. The highest BCUT2D eigenvalue weighted by molar-refractivity contribution is 7.99. The fourth-order valence-electron chi connectivity index (χ4n) is 1.85. The zero-order chi connectivity index (χ0) is 13.2. The van der Waals surface area contributed by atoms with Crippen LogP contribution in [0.3, 0.4) is 0 Å². The van der Waals surface area contributed by atoms with Crippen LogP contribution in [0.15, 0.2) is 22.7 Å². The van der Waals surface area contributed by atoms with Crippen molar-refractivity contribution in [1.82, 2.24) is 10.1 Å². The second-order valence-electron chi connectivity index (χ2n) is 4.14. The Bertz CT molecular complexity index is 581. The summed E-state index contributed by atoms with van der Waals surface area (Å²) in [6.07, 6.45) is -0.153. The number of thioether (sulfide) groups is 1. The molecule has 0 amide bonds. The quantitative estimate of drug-likeness (QED) is 0.639. The van der Waals surface area contributed by atoms with E-state index in [4.69, 9.17) is 15.0 Å². The van der Waals surface area contributed by atoms with E-state index in [1.54, 1.807) is 30.0 Å². The van der Waals surface area contributed by atoms with Crippen molar-refractivity contribution in [2.24, 2.45) is 0 Å². The summed E-state index contributed by atoms with van der Waals surface area (Å²) in [6, 6.07) is 5.01. The minimum Gasteiger partial charge on any atom is -0.505 e. The maximum Gasteiger partial charge on any atom is 0.261 e. The van der Waals surface area contributed by atoms with Gasteiger partial charge in [0.05, 0.1) is 17.9 Å². The van der Waals surface area contributed by atoms with Gasteiger partial charge in [-0.05, 0) is 12.1 Å². The van der Waals surface area contributed by atoms with Gasteiger partial charge in [-0.2, -0.15) is 16.7 Å². The molecule has 0 aliphatic carbocycles. The lowest BCUT2D eigenvalue weighted by Crippen LogP contribution is -2.16. The Morgan fingerprint density at radius 3 is 3.11 bits per heavy atom. The summed E-state index contributed by atoms with van der Waals surface area (Å²) in [5.74, 6) is 2.50. The molecule has 2 heterocycles. The van der Waals surface area contributed by atoms with Gasteiger partial charge in [0.25, 0.3) is 5.89 Å². The molecule has 100 valence electrons. The molecule has 1 aromatic carbocycles. The van der Waals surface area contributed by atoms with Crippen LogP contribution in [0.25, 0.3) is 11.5 Å². The van der Waals surface area contributed by atoms with E-state index in [0.717, 1.165) is 11.5 Å². The lowest BCUT2D eigenvalue weighted by molar-refractivity contribution is 0.0677. The van der Waals surface area contributed by atoms with Gasteiger partial charge in [0.15, 0.2) is 5.75 Å². The summed E-state index contributed by atoms with van der Waals surface area (Å²) >= 11 is 1.79. The molecule has 7 heteroatoms. The van der Waals surface area contributed by atoms with Gasteiger partial charge in [-0.25, -0.2) is 0 Å². The fourth-order valence-corrected chi connectivity index (χ4v) is 2.69. The van der Waals surface area contributed by atoms with Crippen LogP contribution < -0.4 is 5.73 Å². The van der Waals surface area contributed by atoms with E-state index in [1.807, 2.05) is 0 Å². The van der Waals surface area contributed by atoms with Gasteiger partial charge in [-0.15, -0.1) is 0 Å². The number of anilines is 1. The molecule has 0 radical (unpaired) electrons. The molecule has 19 heavy (non-hydrogen) atoms. The minimum absolute atomic E-state index is 0.0448. The van der Waals surface area contributed by atoms with Crippen LogP contribution in [0.2, 0.25) is 0 Å². The molecule has 3 N–H and O–H groups in total. The number of nitrogens with two attached hydrogens (primary N) is 1. The number of rotatable bonds is 2. The monoisotopic (exact) mass is 279 g/mol. The Balaban J connectivity index is 1.90. The minimum atomic E-state index is -0.153. The number of aromatic hydroxyl groups is 1. The molecule has 0 saturated carbocycles. The second-order valence-corrected chi connectivity index (χ2v) is 5.29. The first-order valence-electron chi connectivity index (χ1n) is 5.86. The van der Waals surface area contributed by atoms with Crippen molar-refractivity contribution in [2.75, 3.05) is 23.8 Å². The number of nitrogens with zero attached hydrogens (tertiary/aromatic N) is 2. The third kappa shape index (κ3) is 2.39. The summed E-state index contributed by atoms with van der Waals surface area (Å²) in [4.78, 5) is 4.27. The van der Waals surface area contributed by atoms with Gasteiger partial charge < -0.3 is 20.1 Å². The number of nitrogen functional groups attached to an aromatic ring is 1. The number of hydrogen-bond acceptors (Lipinski definition) is 7. The first-order chi connectivity index (χ1) is 9.25. The summed E-state index contributed by atoms with van der Waals surface area (Å²) in [5, 5.41) is 13.8. The van der Waals surface area contributed by atoms with Crippen LogP contribution in [0, 0.1) is 0 Å². The molecule has 1 aliphatic heterocycles. The standard InChI is InChI=1S/C12H13N3O3S/c13-8-3-1-2-7(10(8)16)12-14-11(15-18-12)9-6-19-5-4-17-9/h1-3,9,16H,4-6,13H2. The van der Waals surface area contributed by atoms with Gasteiger partial charge in [-0.1, -0.05) is 11.2 Å². The van der Waals surface area contributed by atoms with Gasteiger partial charge in [0.2, 0.25) is 5.82 Å². The molecule has 3 rings (SSSR count). The fraction of sp³-hybridized carbons (Fsp3) is 0.333. The van der Waals surface area contributed by atoms with Crippen molar-refractivity contribution in [3.63, 3.8) is 0 Å².